The third-order valence-electron chi connectivity index (χ3n) is 1.89. The van der Waals surface area contributed by atoms with Gasteiger partial charge in [-0.3, -0.25) is 10.1 Å². The number of aromatic nitrogens is 1. The minimum atomic E-state index is -0.819. The molecular formula is C7H8N2O2S. The van der Waals surface area contributed by atoms with Crippen LogP contribution in [0.15, 0.2) is 5.51 Å². The normalized spacial score (nSPS) is 21.8. The summed E-state index contributed by atoms with van der Waals surface area (Å²) in [6.07, 6.45) is 0.836. The molecule has 4 nitrogen and oxygen atoms in total. The van der Waals surface area contributed by atoms with Crippen LogP contribution in [0, 0.1) is 0 Å². The molecule has 5 heteroatoms. The van der Waals surface area contributed by atoms with Gasteiger partial charge in [0.1, 0.15) is 6.04 Å². The van der Waals surface area contributed by atoms with Crippen LogP contribution in [-0.4, -0.2) is 22.6 Å². The summed E-state index contributed by atoms with van der Waals surface area (Å²) in [5.41, 5.74) is 2.64. The van der Waals surface area contributed by atoms with Gasteiger partial charge in [0.2, 0.25) is 0 Å². The minimum absolute atomic E-state index is 0.541. The topological polar surface area (TPSA) is 62.2 Å². The molecule has 0 aromatic carbocycles. The van der Waals surface area contributed by atoms with Crippen LogP contribution >= 0.6 is 11.3 Å². The second-order valence-electron chi connectivity index (χ2n) is 2.64. The van der Waals surface area contributed by atoms with E-state index < -0.39 is 12.0 Å². The quantitative estimate of drug-likeness (QED) is 0.663. The highest BCUT2D eigenvalue weighted by molar-refractivity contribution is 7.10. The van der Waals surface area contributed by atoms with E-state index in [1.165, 1.54) is 11.3 Å². The van der Waals surface area contributed by atoms with E-state index in [0.29, 0.717) is 6.54 Å². The van der Waals surface area contributed by atoms with Crippen molar-refractivity contribution in [2.24, 2.45) is 0 Å². The zero-order chi connectivity index (χ0) is 8.55. The molecule has 0 aliphatic carbocycles. The van der Waals surface area contributed by atoms with Gasteiger partial charge in [0.05, 0.1) is 16.1 Å². The molecule has 1 aliphatic rings. The zero-order valence-corrected chi connectivity index (χ0v) is 7.10. The molecule has 0 amide bonds. The first-order valence-electron chi connectivity index (χ1n) is 3.67. The van der Waals surface area contributed by atoms with Gasteiger partial charge in [-0.15, -0.1) is 11.3 Å². The van der Waals surface area contributed by atoms with Crippen molar-refractivity contribution in [2.75, 3.05) is 6.54 Å². The second kappa shape index (κ2) is 2.84. The van der Waals surface area contributed by atoms with E-state index in [4.69, 9.17) is 5.11 Å². The Hall–Kier alpha value is -0.940. The predicted molar refractivity (Wildman–Crippen MR) is 44.2 cm³/mol. The fraction of sp³-hybridized carbons (Fsp3) is 0.429. The molecule has 1 unspecified atom stereocenters. The summed E-state index contributed by atoms with van der Waals surface area (Å²) in [7, 11) is 0. The number of carboxylic acid groups (broad SMARTS) is 1. The van der Waals surface area contributed by atoms with Crippen LogP contribution in [-0.2, 0) is 11.2 Å². The standard InChI is InChI=1S/C7H8N2O2S/c10-7(11)5-6-4(1-2-8-5)9-3-12-6/h3,5,8H,1-2H2,(H,10,11). The van der Waals surface area contributed by atoms with Crippen LogP contribution in [0.4, 0.5) is 0 Å². The number of aliphatic carboxylic acids is 1. The van der Waals surface area contributed by atoms with Crippen molar-refractivity contribution in [3.05, 3.63) is 16.1 Å². The van der Waals surface area contributed by atoms with Gasteiger partial charge in [0, 0.05) is 13.0 Å². The van der Waals surface area contributed by atoms with E-state index in [1.807, 2.05) is 0 Å². The average Bonchev–Trinajstić information content (AvgIpc) is 2.49. The number of rotatable bonds is 1. The maximum Gasteiger partial charge on any atom is 0.326 e. The first-order valence-corrected chi connectivity index (χ1v) is 4.55. The second-order valence-corrected chi connectivity index (χ2v) is 3.53. The van der Waals surface area contributed by atoms with E-state index in [2.05, 4.69) is 10.3 Å². The Morgan fingerprint density at radius 1 is 1.83 bits per heavy atom. The van der Waals surface area contributed by atoms with E-state index in [-0.39, 0.29) is 0 Å². The van der Waals surface area contributed by atoms with Gasteiger partial charge in [-0.2, -0.15) is 0 Å². The van der Waals surface area contributed by atoms with Crippen molar-refractivity contribution in [3.63, 3.8) is 0 Å². The van der Waals surface area contributed by atoms with Crippen molar-refractivity contribution >= 4 is 17.3 Å². The Morgan fingerprint density at radius 3 is 3.42 bits per heavy atom. The first kappa shape index (κ1) is 7.70. The maximum absolute atomic E-state index is 10.7. The molecule has 0 radical (unpaired) electrons. The number of nitrogens with one attached hydrogen (secondary N) is 1. The molecule has 0 fully saturated rings. The van der Waals surface area contributed by atoms with Gasteiger partial charge in [-0.25, -0.2) is 4.98 Å². The van der Waals surface area contributed by atoms with Crippen LogP contribution in [0.3, 0.4) is 0 Å². The molecule has 1 aliphatic heterocycles. The van der Waals surface area contributed by atoms with Gasteiger partial charge >= 0.3 is 5.97 Å². The van der Waals surface area contributed by atoms with Gasteiger partial charge in [0.25, 0.3) is 0 Å². The highest BCUT2D eigenvalue weighted by Crippen LogP contribution is 2.25. The molecule has 0 saturated heterocycles. The highest BCUT2D eigenvalue weighted by Gasteiger charge is 2.27. The molecule has 1 aromatic heterocycles. The Bertz CT molecular complexity index is 310. The fourth-order valence-corrected chi connectivity index (χ4v) is 2.23. The van der Waals surface area contributed by atoms with Crippen LogP contribution in [0.1, 0.15) is 16.6 Å². The van der Waals surface area contributed by atoms with Gasteiger partial charge in [0.15, 0.2) is 0 Å². The summed E-state index contributed by atoms with van der Waals surface area (Å²) >= 11 is 1.41. The number of carboxylic acids is 1. The SMILES string of the molecule is O=C(O)C1NCCc2ncsc21. The molecule has 12 heavy (non-hydrogen) atoms. The van der Waals surface area contributed by atoms with Crippen LogP contribution < -0.4 is 5.32 Å². The lowest BCUT2D eigenvalue weighted by molar-refractivity contribution is -0.139. The largest absolute Gasteiger partial charge is 0.480 e. The van der Waals surface area contributed by atoms with Crippen molar-refractivity contribution in [1.82, 2.24) is 10.3 Å². The van der Waals surface area contributed by atoms with Crippen molar-refractivity contribution in [1.29, 1.82) is 0 Å². The Balaban J connectivity index is 2.37. The number of hydrogen-bond acceptors (Lipinski definition) is 4. The number of carbonyl (C=O) groups is 1. The lowest BCUT2D eigenvalue weighted by atomic mass is 10.1. The molecule has 0 saturated carbocycles. The van der Waals surface area contributed by atoms with Gasteiger partial charge < -0.3 is 5.11 Å². The predicted octanol–water partition coefficient (Wildman–Crippen LogP) is 0.414. The molecule has 1 atom stereocenters. The maximum atomic E-state index is 10.7. The number of fused-ring (bicyclic) bond motifs is 1. The van der Waals surface area contributed by atoms with E-state index in [1.54, 1.807) is 5.51 Å². The lowest BCUT2D eigenvalue weighted by Crippen LogP contribution is -2.34. The molecule has 0 spiro atoms. The van der Waals surface area contributed by atoms with Gasteiger partial charge in [-0.1, -0.05) is 0 Å². The molecule has 2 N–H and O–H groups in total. The Morgan fingerprint density at radius 2 is 2.67 bits per heavy atom. The molecule has 0 bridgehead atoms. The van der Waals surface area contributed by atoms with Crippen molar-refractivity contribution in [2.45, 2.75) is 12.5 Å². The summed E-state index contributed by atoms with van der Waals surface area (Å²) < 4.78 is 0. The summed E-state index contributed by atoms with van der Waals surface area (Å²) in [5.74, 6) is -0.819. The lowest BCUT2D eigenvalue weighted by Gasteiger charge is -2.18. The monoisotopic (exact) mass is 184 g/mol. The third kappa shape index (κ3) is 1.11. The summed E-state index contributed by atoms with van der Waals surface area (Å²) in [5, 5.41) is 11.8. The fourth-order valence-electron chi connectivity index (χ4n) is 1.33. The van der Waals surface area contributed by atoms with Crippen molar-refractivity contribution in [3.8, 4) is 0 Å². The van der Waals surface area contributed by atoms with E-state index in [9.17, 15) is 4.79 Å². The molecule has 2 heterocycles. The third-order valence-corrected chi connectivity index (χ3v) is 2.83. The van der Waals surface area contributed by atoms with Gasteiger partial charge in [-0.05, 0) is 0 Å². The van der Waals surface area contributed by atoms with E-state index in [0.717, 1.165) is 17.0 Å². The molecule has 1 aromatic rings. The Kier molecular flexibility index (Phi) is 1.82. The van der Waals surface area contributed by atoms with Crippen LogP contribution in [0.2, 0.25) is 0 Å². The minimum Gasteiger partial charge on any atom is -0.480 e. The smallest absolute Gasteiger partial charge is 0.326 e. The highest BCUT2D eigenvalue weighted by atomic mass is 32.1. The van der Waals surface area contributed by atoms with E-state index >= 15 is 0 Å². The van der Waals surface area contributed by atoms with Crippen molar-refractivity contribution < 1.29 is 9.90 Å². The van der Waals surface area contributed by atoms with Crippen LogP contribution in [0.5, 0.6) is 0 Å². The first-order chi connectivity index (χ1) is 5.79. The summed E-state index contributed by atoms with van der Waals surface area (Å²) in [4.78, 5) is 15.7. The molecule has 2 rings (SSSR count). The Labute approximate surface area is 73.3 Å². The molecular weight excluding hydrogens is 176 g/mol. The number of thiazole rings is 1. The molecule has 64 valence electrons. The average molecular weight is 184 g/mol. The summed E-state index contributed by atoms with van der Waals surface area (Å²) in [6, 6.07) is -0.541. The number of nitrogens with zero attached hydrogens (tertiary/aromatic N) is 1. The zero-order valence-electron chi connectivity index (χ0n) is 6.28. The van der Waals surface area contributed by atoms with Crippen LogP contribution in [0.25, 0.3) is 0 Å². The number of hydrogen-bond donors (Lipinski definition) is 2. The summed E-state index contributed by atoms with van der Waals surface area (Å²) in [6.45, 7) is 0.702.